The molecule has 3 fully saturated rings. The number of rotatable bonds is 4. The first kappa shape index (κ1) is 16.1. The quantitative estimate of drug-likeness (QED) is 0.795. The number of amides is 3. The normalized spacial score (nSPS) is 28.7. The molecule has 1 aromatic heterocycles. The maximum Gasteiger partial charge on any atom is 0.244 e. The van der Waals surface area contributed by atoms with Crippen molar-refractivity contribution in [2.45, 2.75) is 19.3 Å². The van der Waals surface area contributed by atoms with Gasteiger partial charge in [0.05, 0.1) is 17.5 Å². The Bertz CT molecular complexity index is 882. The van der Waals surface area contributed by atoms with E-state index in [0.717, 1.165) is 29.8 Å². The number of anilines is 1. The van der Waals surface area contributed by atoms with E-state index in [1.54, 1.807) is 24.3 Å². The molecule has 0 spiro atoms. The van der Waals surface area contributed by atoms with Crippen molar-refractivity contribution in [1.82, 2.24) is 25.1 Å². The van der Waals surface area contributed by atoms with Crippen LogP contribution in [0.15, 0.2) is 30.6 Å². The number of nitrogens with one attached hydrogen (secondary N) is 1. The standard InChI is InChI=1S/C18H18N6O3/c25-14(20-12-3-5-13(6-4-12)24-9-19-21-22-24)8-23-17(26)15-10-1-2-11(7-10)16(15)18(23)27/h3-6,9-11,15-16H,1-2,7-8H2,(H,20,25)/t10-,11-,15-,16+/m0/s1. The third-order valence-electron chi connectivity index (χ3n) is 6.09. The summed E-state index contributed by atoms with van der Waals surface area (Å²) in [6.07, 6.45) is 4.51. The Hall–Kier alpha value is -3.10. The number of benzene rings is 1. The minimum atomic E-state index is -0.376. The molecule has 1 aliphatic heterocycles. The number of tetrazole rings is 1. The van der Waals surface area contributed by atoms with E-state index in [2.05, 4.69) is 20.8 Å². The van der Waals surface area contributed by atoms with E-state index in [0.29, 0.717) is 17.5 Å². The number of aromatic nitrogens is 4. The summed E-state index contributed by atoms with van der Waals surface area (Å²) in [5.74, 6) is -0.451. The van der Waals surface area contributed by atoms with Crippen molar-refractivity contribution in [2.75, 3.05) is 11.9 Å². The van der Waals surface area contributed by atoms with Crippen LogP contribution in [-0.2, 0) is 14.4 Å². The van der Waals surface area contributed by atoms with Crippen LogP contribution in [0.4, 0.5) is 5.69 Å². The van der Waals surface area contributed by atoms with Gasteiger partial charge in [-0.3, -0.25) is 19.3 Å². The molecule has 0 radical (unpaired) electrons. The van der Waals surface area contributed by atoms with Gasteiger partial charge in [0.25, 0.3) is 0 Å². The van der Waals surface area contributed by atoms with E-state index in [4.69, 9.17) is 0 Å². The van der Waals surface area contributed by atoms with Gasteiger partial charge in [0.1, 0.15) is 12.9 Å². The summed E-state index contributed by atoms with van der Waals surface area (Å²) in [4.78, 5) is 38.8. The van der Waals surface area contributed by atoms with Crippen molar-refractivity contribution in [3.8, 4) is 5.69 Å². The highest BCUT2D eigenvalue weighted by atomic mass is 16.2. The van der Waals surface area contributed by atoms with Gasteiger partial charge >= 0.3 is 0 Å². The zero-order chi connectivity index (χ0) is 18.5. The number of nitrogens with zero attached hydrogens (tertiary/aromatic N) is 5. The Kier molecular flexibility index (Phi) is 3.56. The summed E-state index contributed by atoms with van der Waals surface area (Å²) in [5.41, 5.74) is 1.34. The Morgan fingerprint density at radius 1 is 1.07 bits per heavy atom. The predicted octanol–water partition coefficient (Wildman–Crippen LogP) is 0.632. The molecule has 2 aliphatic carbocycles. The van der Waals surface area contributed by atoms with Gasteiger partial charge in [0.2, 0.25) is 17.7 Å². The molecule has 2 aromatic rings. The van der Waals surface area contributed by atoms with E-state index >= 15 is 0 Å². The number of hydrogen-bond donors (Lipinski definition) is 1. The lowest BCUT2D eigenvalue weighted by Crippen LogP contribution is -2.39. The predicted molar refractivity (Wildman–Crippen MR) is 92.3 cm³/mol. The molecule has 1 N–H and O–H groups in total. The van der Waals surface area contributed by atoms with Gasteiger partial charge in [-0.2, -0.15) is 0 Å². The van der Waals surface area contributed by atoms with E-state index in [9.17, 15) is 14.4 Å². The molecule has 2 saturated carbocycles. The Labute approximate surface area is 154 Å². The molecule has 4 atom stereocenters. The number of fused-ring (bicyclic) bond motifs is 5. The van der Waals surface area contributed by atoms with Gasteiger partial charge in [-0.15, -0.1) is 5.10 Å². The molecule has 5 rings (SSSR count). The fraction of sp³-hybridized carbons (Fsp3) is 0.444. The number of likely N-dealkylation sites (tertiary alicyclic amines) is 1. The van der Waals surface area contributed by atoms with Crippen molar-refractivity contribution in [2.24, 2.45) is 23.7 Å². The molecule has 1 aromatic carbocycles. The van der Waals surface area contributed by atoms with Crippen LogP contribution in [0.25, 0.3) is 5.69 Å². The smallest absolute Gasteiger partial charge is 0.244 e. The van der Waals surface area contributed by atoms with Crippen LogP contribution in [0.3, 0.4) is 0 Å². The van der Waals surface area contributed by atoms with Gasteiger partial charge in [-0.05, 0) is 65.8 Å². The molecule has 0 unspecified atom stereocenters. The van der Waals surface area contributed by atoms with Crippen LogP contribution in [0.5, 0.6) is 0 Å². The average Bonchev–Trinajstić information content (AvgIpc) is 3.44. The summed E-state index contributed by atoms with van der Waals surface area (Å²) in [5, 5.41) is 13.7. The fourth-order valence-electron chi connectivity index (χ4n) is 4.95. The van der Waals surface area contributed by atoms with E-state index < -0.39 is 0 Å². The maximum atomic E-state index is 12.7. The molecule has 1 saturated heterocycles. The van der Waals surface area contributed by atoms with Crippen LogP contribution < -0.4 is 5.32 Å². The summed E-state index contributed by atoms with van der Waals surface area (Å²) in [7, 11) is 0. The minimum absolute atomic E-state index is 0.165. The zero-order valence-electron chi connectivity index (χ0n) is 14.5. The second kappa shape index (κ2) is 5.97. The monoisotopic (exact) mass is 366 g/mol. The summed E-state index contributed by atoms with van der Waals surface area (Å²) in [6, 6.07) is 6.97. The van der Waals surface area contributed by atoms with E-state index in [1.807, 2.05) is 0 Å². The van der Waals surface area contributed by atoms with Crippen molar-refractivity contribution < 1.29 is 14.4 Å². The lowest BCUT2D eigenvalue weighted by molar-refractivity contribution is -0.143. The first-order valence-corrected chi connectivity index (χ1v) is 9.10. The summed E-state index contributed by atoms with van der Waals surface area (Å²) < 4.78 is 1.50. The van der Waals surface area contributed by atoms with E-state index in [1.165, 1.54) is 11.0 Å². The molecule has 2 bridgehead atoms. The number of imide groups is 1. The second-order valence-corrected chi connectivity index (χ2v) is 7.50. The molecule has 9 heteroatoms. The van der Waals surface area contributed by atoms with Crippen molar-refractivity contribution in [3.63, 3.8) is 0 Å². The number of carbonyl (C=O) groups excluding carboxylic acids is 3. The Morgan fingerprint density at radius 3 is 2.33 bits per heavy atom. The van der Waals surface area contributed by atoms with Crippen LogP contribution in [0, 0.1) is 23.7 Å². The second-order valence-electron chi connectivity index (χ2n) is 7.50. The van der Waals surface area contributed by atoms with Crippen LogP contribution >= 0.6 is 0 Å². The maximum absolute atomic E-state index is 12.7. The Morgan fingerprint density at radius 2 is 1.74 bits per heavy atom. The molecule has 138 valence electrons. The molecular formula is C18H18N6O3. The van der Waals surface area contributed by atoms with Crippen LogP contribution in [-0.4, -0.2) is 49.4 Å². The lowest BCUT2D eigenvalue weighted by atomic mass is 9.81. The topological polar surface area (TPSA) is 110 Å². The summed E-state index contributed by atoms with van der Waals surface area (Å²) >= 11 is 0. The third-order valence-corrected chi connectivity index (χ3v) is 6.09. The van der Waals surface area contributed by atoms with Gasteiger partial charge in [-0.25, -0.2) is 4.68 Å². The molecule has 2 heterocycles. The third kappa shape index (κ3) is 2.53. The van der Waals surface area contributed by atoms with Gasteiger partial charge < -0.3 is 5.32 Å². The first-order valence-electron chi connectivity index (χ1n) is 9.10. The van der Waals surface area contributed by atoms with Crippen LogP contribution in [0.1, 0.15) is 19.3 Å². The van der Waals surface area contributed by atoms with Gasteiger partial charge in [-0.1, -0.05) is 0 Å². The number of carbonyl (C=O) groups is 3. The molecule has 3 aliphatic rings. The fourth-order valence-corrected chi connectivity index (χ4v) is 4.95. The average molecular weight is 366 g/mol. The SMILES string of the molecule is O=C(CN1C(=O)[C@@H]2[C@H]3CC[C@@H](C3)[C@@H]2C1=O)Nc1ccc(-n2cnnn2)cc1. The zero-order valence-corrected chi connectivity index (χ0v) is 14.5. The highest BCUT2D eigenvalue weighted by Gasteiger charge is 2.60. The highest BCUT2D eigenvalue weighted by molar-refractivity contribution is 6.09. The molecule has 3 amide bonds. The van der Waals surface area contributed by atoms with Gasteiger partial charge in [0, 0.05) is 5.69 Å². The van der Waals surface area contributed by atoms with Crippen molar-refractivity contribution in [1.29, 1.82) is 0 Å². The lowest BCUT2D eigenvalue weighted by Gasteiger charge is -2.19. The van der Waals surface area contributed by atoms with Crippen molar-refractivity contribution in [3.05, 3.63) is 30.6 Å². The van der Waals surface area contributed by atoms with Crippen LogP contribution in [0.2, 0.25) is 0 Å². The van der Waals surface area contributed by atoms with Gasteiger partial charge in [0.15, 0.2) is 0 Å². The minimum Gasteiger partial charge on any atom is -0.325 e. The molecular weight excluding hydrogens is 348 g/mol. The highest BCUT2D eigenvalue weighted by Crippen LogP contribution is 2.56. The molecule has 9 nitrogen and oxygen atoms in total. The first-order chi connectivity index (χ1) is 13.1. The number of hydrogen-bond acceptors (Lipinski definition) is 6. The van der Waals surface area contributed by atoms with E-state index in [-0.39, 0.29) is 36.1 Å². The summed E-state index contributed by atoms with van der Waals surface area (Å²) in [6.45, 7) is -0.223. The van der Waals surface area contributed by atoms with Crippen molar-refractivity contribution >= 4 is 23.4 Å². The Balaban J connectivity index is 1.25. The molecule has 27 heavy (non-hydrogen) atoms. The largest absolute Gasteiger partial charge is 0.325 e.